The van der Waals surface area contributed by atoms with E-state index in [2.05, 4.69) is 10.2 Å². The van der Waals surface area contributed by atoms with Gasteiger partial charge in [-0.15, -0.1) is 0 Å². The maximum absolute atomic E-state index is 12.6. The summed E-state index contributed by atoms with van der Waals surface area (Å²) in [4.78, 5) is 27.1. The van der Waals surface area contributed by atoms with Crippen molar-refractivity contribution >= 4 is 17.3 Å². The molecule has 0 aliphatic carbocycles. The lowest BCUT2D eigenvalue weighted by Gasteiger charge is -2.20. The molecule has 114 valence electrons. The third-order valence-electron chi connectivity index (χ3n) is 3.72. The van der Waals surface area contributed by atoms with E-state index in [0.717, 1.165) is 19.5 Å². The molecule has 0 unspecified atom stereocenters. The number of rotatable bonds is 3. The largest absolute Gasteiger partial charge is 0.388 e. The number of nitro benzene ring substituents is 1. The Kier molecular flexibility index (Phi) is 4.74. The molecule has 1 N–H and O–H groups in total. The second-order valence-electron chi connectivity index (χ2n) is 5.19. The fourth-order valence-corrected chi connectivity index (χ4v) is 2.44. The molecule has 0 atom stereocenters. The van der Waals surface area contributed by atoms with Crippen LogP contribution >= 0.6 is 0 Å². The zero-order valence-corrected chi connectivity index (χ0v) is 12.3. The average Bonchev–Trinajstić information content (AvgIpc) is 2.70. The molecule has 1 heterocycles. The van der Waals surface area contributed by atoms with Gasteiger partial charge < -0.3 is 15.1 Å². The third kappa shape index (κ3) is 3.49. The number of carbonyl (C=O) groups excluding carboxylic acids is 1. The number of amides is 1. The molecular weight excluding hydrogens is 272 g/mol. The Hall–Kier alpha value is -2.15. The molecule has 0 saturated carbocycles. The van der Waals surface area contributed by atoms with Crippen LogP contribution in [0.5, 0.6) is 0 Å². The number of nitrogens with zero attached hydrogens (tertiary/aromatic N) is 3. The fourth-order valence-electron chi connectivity index (χ4n) is 2.44. The minimum atomic E-state index is -0.503. The lowest BCUT2D eigenvalue weighted by molar-refractivity contribution is -0.385. The van der Waals surface area contributed by atoms with E-state index in [9.17, 15) is 14.9 Å². The van der Waals surface area contributed by atoms with Crippen LogP contribution in [0.2, 0.25) is 0 Å². The highest BCUT2D eigenvalue weighted by molar-refractivity contribution is 5.99. The topological polar surface area (TPSA) is 78.7 Å². The Balaban J connectivity index is 2.30. The molecule has 21 heavy (non-hydrogen) atoms. The van der Waals surface area contributed by atoms with Crippen molar-refractivity contribution in [1.82, 2.24) is 9.80 Å². The van der Waals surface area contributed by atoms with E-state index >= 15 is 0 Å². The number of likely N-dealkylation sites (N-methyl/N-ethyl adjacent to an activating group) is 1. The predicted octanol–water partition coefficient (Wildman–Crippen LogP) is 1.41. The Morgan fingerprint density at radius 1 is 1.29 bits per heavy atom. The van der Waals surface area contributed by atoms with Gasteiger partial charge >= 0.3 is 0 Å². The Labute approximate surface area is 123 Å². The van der Waals surface area contributed by atoms with E-state index in [1.54, 1.807) is 24.1 Å². The average molecular weight is 292 g/mol. The highest BCUT2D eigenvalue weighted by Crippen LogP contribution is 2.24. The molecule has 1 fully saturated rings. The Morgan fingerprint density at radius 2 is 2.05 bits per heavy atom. The van der Waals surface area contributed by atoms with Gasteiger partial charge in [0, 0.05) is 38.4 Å². The molecule has 0 aromatic heterocycles. The Bertz CT molecular complexity index is 547. The van der Waals surface area contributed by atoms with E-state index in [0.29, 0.717) is 18.8 Å². The molecule has 0 radical (unpaired) electrons. The summed E-state index contributed by atoms with van der Waals surface area (Å²) in [6.45, 7) is 2.94. The normalized spacial score (nSPS) is 16.4. The first-order valence-corrected chi connectivity index (χ1v) is 6.97. The molecule has 7 heteroatoms. The highest BCUT2D eigenvalue weighted by Gasteiger charge is 2.26. The van der Waals surface area contributed by atoms with Gasteiger partial charge in [0.05, 0.1) is 4.92 Å². The molecule has 1 aliphatic heterocycles. The van der Waals surface area contributed by atoms with Gasteiger partial charge in [-0.1, -0.05) is 0 Å². The summed E-state index contributed by atoms with van der Waals surface area (Å²) in [6.07, 6.45) is 0.877. The van der Waals surface area contributed by atoms with Gasteiger partial charge in [-0.05, 0) is 32.1 Å². The summed E-state index contributed by atoms with van der Waals surface area (Å²) in [6, 6.07) is 4.53. The van der Waals surface area contributed by atoms with Crippen molar-refractivity contribution < 1.29 is 9.72 Å². The van der Waals surface area contributed by atoms with Crippen LogP contribution in [0.1, 0.15) is 16.8 Å². The quantitative estimate of drug-likeness (QED) is 0.673. The van der Waals surface area contributed by atoms with Crippen LogP contribution in [-0.4, -0.2) is 60.9 Å². The van der Waals surface area contributed by atoms with E-state index in [1.165, 1.54) is 6.07 Å². The van der Waals surface area contributed by atoms with Gasteiger partial charge in [-0.25, -0.2) is 0 Å². The van der Waals surface area contributed by atoms with Gasteiger partial charge in [0.1, 0.15) is 5.56 Å². The van der Waals surface area contributed by atoms with Crippen molar-refractivity contribution in [1.29, 1.82) is 0 Å². The van der Waals surface area contributed by atoms with Crippen molar-refractivity contribution in [2.75, 3.05) is 45.6 Å². The number of benzene rings is 1. The molecular formula is C14H20N4O3. The minimum absolute atomic E-state index is 0.142. The smallest absolute Gasteiger partial charge is 0.282 e. The van der Waals surface area contributed by atoms with Gasteiger partial charge in [0.25, 0.3) is 11.6 Å². The highest BCUT2D eigenvalue weighted by atomic mass is 16.6. The van der Waals surface area contributed by atoms with Crippen LogP contribution in [-0.2, 0) is 0 Å². The minimum Gasteiger partial charge on any atom is -0.388 e. The van der Waals surface area contributed by atoms with Crippen LogP contribution in [0.4, 0.5) is 11.4 Å². The van der Waals surface area contributed by atoms with Crippen molar-refractivity contribution in [2.24, 2.45) is 0 Å². The number of hydrogen-bond acceptors (Lipinski definition) is 5. The first-order chi connectivity index (χ1) is 10.0. The monoisotopic (exact) mass is 292 g/mol. The van der Waals surface area contributed by atoms with Crippen LogP contribution in [0.3, 0.4) is 0 Å². The van der Waals surface area contributed by atoms with E-state index in [1.807, 2.05) is 7.05 Å². The zero-order chi connectivity index (χ0) is 15.4. The lowest BCUT2D eigenvalue weighted by Crippen LogP contribution is -2.34. The summed E-state index contributed by atoms with van der Waals surface area (Å²) >= 11 is 0. The van der Waals surface area contributed by atoms with E-state index in [-0.39, 0.29) is 17.2 Å². The standard InChI is InChI=1S/C14H20N4O3/c1-15-11-4-5-13(18(20)21)12(10-11)14(19)17-7-3-6-16(2)8-9-17/h4-5,10,15H,3,6-9H2,1-2H3. The summed E-state index contributed by atoms with van der Waals surface area (Å²) < 4.78 is 0. The maximum Gasteiger partial charge on any atom is 0.282 e. The SMILES string of the molecule is CNc1ccc([N+](=O)[O-])c(C(=O)N2CCCN(C)CC2)c1. The van der Waals surface area contributed by atoms with Crippen molar-refractivity contribution in [2.45, 2.75) is 6.42 Å². The Morgan fingerprint density at radius 3 is 2.71 bits per heavy atom. The molecule has 2 rings (SSSR count). The van der Waals surface area contributed by atoms with Crippen molar-refractivity contribution in [3.05, 3.63) is 33.9 Å². The number of nitrogens with one attached hydrogen (secondary N) is 1. The molecule has 1 aromatic rings. The second-order valence-corrected chi connectivity index (χ2v) is 5.19. The fraction of sp³-hybridized carbons (Fsp3) is 0.500. The van der Waals surface area contributed by atoms with Gasteiger partial charge in [-0.2, -0.15) is 0 Å². The number of nitro groups is 1. The van der Waals surface area contributed by atoms with E-state index < -0.39 is 4.92 Å². The third-order valence-corrected chi connectivity index (χ3v) is 3.72. The molecule has 7 nitrogen and oxygen atoms in total. The molecule has 0 spiro atoms. The summed E-state index contributed by atoms with van der Waals surface area (Å²) in [7, 11) is 3.73. The predicted molar refractivity (Wildman–Crippen MR) is 80.7 cm³/mol. The second kappa shape index (κ2) is 6.53. The molecule has 1 aromatic carbocycles. The van der Waals surface area contributed by atoms with Crippen molar-refractivity contribution in [3.63, 3.8) is 0 Å². The van der Waals surface area contributed by atoms with Gasteiger partial charge in [0.2, 0.25) is 0 Å². The number of hydrogen-bond donors (Lipinski definition) is 1. The lowest BCUT2D eigenvalue weighted by atomic mass is 10.1. The van der Waals surface area contributed by atoms with Crippen LogP contribution in [0, 0.1) is 10.1 Å². The molecule has 0 bridgehead atoms. The van der Waals surface area contributed by atoms with Gasteiger partial charge in [-0.3, -0.25) is 14.9 Å². The van der Waals surface area contributed by atoms with Crippen LogP contribution < -0.4 is 5.32 Å². The van der Waals surface area contributed by atoms with Crippen LogP contribution in [0.15, 0.2) is 18.2 Å². The summed E-state index contributed by atoms with van der Waals surface area (Å²) in [5.74, 6) is -0.269. The van der Waals surface area contributed by atoms with E-state index in [4.69, 9.17) is 0 Å². The maximum atomic E-state index is 12.6. The van der Waals surface area contributed by atoms with Gasteiger partial charge in [0.15, 0.2) is 0 Å². The number of anilines is 1. The summed E-state index contributed by atoms with van der Waals surface area (Å²) in [5, 5.41) is 14.0. The molecule has 1 aliphatic rings. The van der Waals surface area contributed by atoms with Crippen LogP contribution in [0.25, 0.3) is 0 Å². The summed E-state index contributed by atoms with van der Waals surface area (Å²) in [5.41, 5.74) is 0.698. The number of carbonyl (C=O) groups is 1. The molecule has 1 amide bonds. The molecule has 1 saturated heterocycles. The van der Waals surface area contributed by atoms with Crippen molar-refractivity contribution in [3.8, 4) is 0 Å². The first kappa shape index (κ1) is 15.2. The zero-order valence-electron chi connectivity index (χ0n) is 12.3. The first-order valence-electron chi connectivity index (χ1n) is 6.97.